The van der Waals surface area contributed by atoms with Gasteiger partial charge in [-0.1, -0.05) is 6.92 Å². The molecule has 6 nitrogen and oxygen atoms in total. The van der Waals surface area contributed by atoms with Crippen molar-refractivity contribution in [3.8, 4) is 0 Å². The van der Waals surface area contributed by atoms with Crippen LogP contribution < -0.4 is 10.2 Å². The van der Waals surface area contributed by atoms with Crippen LogP contribution in [0.15, 0.2) is 6.20 Å². The third-order valence-corrected chi connectivity index (χ3v) is 5.13. The van der Waals surface area contributed by atoms with Gasteiger partial charge in [0.15, 0.2) is 0 Å². The molecular weight excluding hydrogens is 280 g/mol. The van der Waals surface area contributed by atoms with E-state index >= 15 is 0 Å². The van der Waals surface area contributed by atoms with Crippen molar-refractivity contribution < 1.29 is 9.90 Å². The number of anilines is 1. The number of nitrogens with one attached hydrogen (secondary N) is 1. The van der Waals surface area contributed by atoms with Crippen molar-refractivity contribution in [2.75, 3.05) is 24.5 Å². The Morgan fingerprint density at radius 1 is 1.50 bits per heavy atom. The van der Waals surface area contributed by atoms with Crippen molar-refractivity contribution >= 4 is 11.8 Å². The number of aryl methyl sites for hydroxylation is 2. The molecular formula is C16H24N4O2. The van der Waals surface area contributed by atoms with Gasteiger partial charge in [0.05, 0.1) is 0 Å². The molecule has 1 unspecified atom stereocenters. The summed E-state index contributed by atoms with van der Waals surface area (Å²) in [5.41, 5.74) is 1.34. The maximum atomic E-state index is 11.1. The van der Waals surface area contributed by atoms with Crippen LogP contribution >= 0.6 is 0 Å². The number of carboxylic acid groups (broad SMARTS) is 1. The van der Waals surface area contributed by atoms with Crippen molar-refractivity contribution in [2.24, 2.45) is 5.41 Å². The van der Waals surface area contributed by atoms with E-state index in [-0.39, 0.29) is 11.5 Å². The van der Waals surface area contributed by atoms with Crippen molar-refractivity contribution in [1.29, 1.82) is 0 Å². The normalized spacial score (nSPS) is 23.9. The van der Waals surface area contributed by atoms with Crippen LogP contribution in [0.25, 0.3) is 0 Å². The van der Waals surface area contributed by atoms with Crippen molar-refractivity contribution in [2.45, 2.75) is 45.6 Å². The lowest BCUT2D eigenvalue weighted by Crippen LogP contribution is -2.42. The number of hydrogen-bond donors (Lipinski definition) is 2. The number of rotatable bonds is 3. The number of nitrogens with zero attached hydrogens (tertiary/aromatic N) is 3. The lowest BCUT2D eigenvalue weighted by atomic mass is 9.76. The predicted octanol–water partition coefficient (Wildman–Crippen LogP) is 1.38. The first-order chi connectivity index (χ1) is 10.5. The van der Waals surface area contributed by atoms with Crippen LogP contribution in [0.5, 0.6) is 0 Å². The van der Waals surface area contributed by atoms with Gasteiger partial charge in [-0.25, -0.2) is 9.97 Å². The average molecular weight is 304 g/mol. The maximum absolute atomic E-state index is 11.1. The molecule has 1 spiro atoms. The molecule has 2 fully saturated rings. The van der Waals surface area contributed by atoms with E-state index in [4.69, 9.17) is 5.11 Å². The molecule has 0 saturated carbocycles. The highest BCUT2D eigenvalue weighted by Crippen LogP contribution is 2.40. The molecule has 0 aromatic carbocycles. The second kappa shape index (κ2) is 5.83. The molecule has 3 heterocycles. The Balaban J connectivity index is 1.70. The Bertz CT molecular complexity index is 567. The van der Waals surface area contributed by atoms with Gasteiger partial charge in [-0.3, -0.25) is 4.79 Å². The fraction of sp³-hybridized carbons (Fsp3) is 0.688. The highest BCUT2D eigenvalue weighted by Gasteiger charge is 2.43. The smallest absolute Gasteiger partial charge is 0.320 e. The number of aromatic nitrogens is 2. The number of carboxylic acids is 1. The molecule has 2 N–H and O–H groups in total. The van der Waals surface area contributed by atoms with Gasteiger partial charge >= 0.3 is 5.97 Å². The molecule has 6 heteroatoms. The third kappa shape index (κ3) is 2.79. The average Bonchev–Trinajstić information content (AvgIpc) is 2.92. The van der Waals surface area contributed by atoms with Crippen LogP contribution in [-0.2, 0) is 11.2 Å². The largest absolute Gasteiger partial charge is 0.480 e. The summed E-state index contributed by atoms with van der Waals surface area (Å²) in [5, 5.41) is 12.3. The standard InChI is InChI=1S/C16H24N4O2/c1-3-12-9-17-11(2)19-14(12)20-6-4-16(5-7-20)8-13(15(21)22)18-10-16/h9,13,18H,3-8,10H2,1-2H3,(H,21,22). The van der Waals surface area contributed by atoms with Crippen LogP contribution in [0.1, 0.15) is 37.6 Å². The molecule has 0 aliphatic carbocycles. The first-order valence-electron chi connectivity index (χ1n) is 8.07. The van der Waals surface area contributed by atoms with Gasteiger partial charge in [-0.2, -0.15) is 0 Å². The summed E-state index contributed by atoms with van der Waals surface area (Å²) >= 11 is 0. The van der Waals surface area contributed by atoms with Crippen molar-refractivity contribution in [1.82, 2.24) is 15.3 Å². The van der Waals surface area contributed by atoms with Gasteiger partial charge in [-0.15, -0.1) is 0 Å². The minimum Gasteiger partial charge on any atom is -0.480 e. The molecule has 120 valence electrons. The SMILES string of the molecule is CCc1cnc(C)nc1N1CCC2(CC1)CNC(C(=O)O)C2. The van der Waals surface area contributed by atoms with Gasteiger partial charge in [0, 0.05) is 31.4 Å². The molecule has 0 radical (unpaired) electrons. The van der Waals surface area contributed by atoms with Crippen molar-refractivity contribution in [3.63, 3.8) is 0 Å². The zero-order valence-corrected chi connectivity index (χ0v) is 13.3. The van der Waals surface area contributed by atoms with Crippen LogP contribution in [0.4, 0.5) is 5.82 Å². The van der Waals surface area contributed by atoms with E-state index in [1.807, 2.05) is 13.1 Å². The molecule has 1 aromatic rings. The van der Waals surface area contributed by atoms with E-state index in [1.54, 1.807) is 0 Å². The highest BCUT2D eigenvalue weighted by molar-refractivity contribution is 5.74. The summed E-state index contributed by atoms with van der Waals surface area (Å²) in [6, 6.07) is -0.376. The summed E-state index contributed by atoms with van der Waals surface area (Å²) in [6.07, 6.45) is 5.66. The minimum atomic E-state index is -0.723. The molecule has 3 rings (SSSR count). The van der Waals surface area contributed by atoms with Gasteiger partial charge in [0.1, 0.15) is 17.7 Å². The van der Waals surface area contributed by atoms with E-state index < -0.39 is 5.97 Å². The summed E-state index contributed by atoms with van der Waals surface area (Å²) in [5.74, 6) is 1.14. The molecule has 1 atom stereocenters. The molecule has 2 aliphatic heterocycles. The first-order valence-corrected chi connectivity index (χ1v) is 8.07. The molecule has 2 saturated heterocycles. The summed E-state index contributed by atoms with van der Waals surface area (Å²) in [7, 11) is 0. The fourth-order valence-corrected chi connectivity index (χ4v) is 3.67. The van der Waals surface area contributed by atoms with Crippen LogP contribution in [0.3, 0.4) is 0 Å². The maximum Gasteiger partial charge on any atom is 0.320 e. The van der Waals surface area contributed by atoms with E-state index in [0.717, 1.165) is 57.0 Å². The lowest BCUT2D eigenvalue weighted by molar-refractivity contribution is -0.139. The Morgan fingerprint density at radius 2 is 2.23 bits per heavy atom. The Hall–Kier alpha value is -1.69. The highest BCUT2D eigenvalue weighted by atomic mass is 16.4. The monoisotopic (exact) mass is 304 g/mol. The Morgan fingerprint density at radius 3 is 2.82 bits per heavy atom. The third-order valence-electron chi connectivity index (χ3n) is 5.13. The second-order valence-electron chi connectivity index (χ2n) is 6.58. The Labute approximate surface area is 131 Å². The molecule has 2 aliphatic rings. The van der Waals surface area contributed by atoms with E-state index in [2.05, 4.69) is 27.1 Å². The number of piperidine rings is 1. The summed E-state index contributed by atoms with van der Waals surface area (Å²) in [6.45, 7) is 6.75. The van der Waals surface area contributed by atoms with E-state index in [0.29, 0.717) is 0 Å². The summed E-state index contributed by atoms with van der Waals surface area (Å²) < 4.78 is 0. The van der Waals surface area contributed by atoms with Crippen LogP contribution in [-0.4, -0.2) is 46.7 Å². The van der Waals surface area contributed by atoms with Crippen LogP contribution in [0, 0.1) is 12.3 Å². The van der Waals surface area contributed by atoms with E-state index in [9.17, 15) is 4.79 Å². The second-order valence-corrected chi connectivity index (χ2v) is 6.58. The minimum absolute atomic E-state index is 0.147. The van der Waals surface area contributed by atoms with Crippen molar-refractivity contribution in [3.05, 3.63) is 17.6 Å². The lowest BCUT2D eigenvalue weighted by Gasteiger charge is -2.40. The number of carbonyl (C=O) groups is 1. The Kier molecular flexibility index (Phi) is 4.04. The predicted molar refractivity (Wildman–Crippen MR) is 84.1 cm³/mol. The van der Waals surface area contributed by atoms with Gasteiger partial charge in [0.25, 0.3) is 0 Å². The van der Waals surface area contributed by atoms with Gasteiger partial charge in [0.2, 0.25) is 0 Å². The van der Waals surface area contributed by atoms with Gasteiger partial charge in [-0.05, 0) is 38.0 Å². The van der Waals surface area contributed by atoms with E-state index in [1.165, 1.54) is 5.56 Å². The quantitative estimate of drug-likeness (QED) is 0.878. The number of aliphatic carboxylic acids is 1. The van der Waals surface area contributed by atoms with Crippen LogP contribution in [0.2, 0.25) is 0 Å². The zero-order valence-electron chi connectivity index (χ0n) is 13.3. The molecule has 0 amide bonds. The summed E-state index contributed by atoms with van der Waals surface area (Å²) in [4.78, 5) is 22.4. The molecule has 22 heavy (non-hydrogen) atoms. The van der Waals surface area contributed by atoms with Gasteiger partial charge < -0.3 is 15.3 Å². The number of hydrogen-bond acceptors (Lipinski definition) is 5. The zero-order chi connectivity index (χ0) is 15.7. The molecule has 1 aromatic heterocycles. The topological polar surface area (TPSA) is 78.4 Å². The first kappa shape index (κ1) is 15.2. The fourth-order valence-electron chi connectivity index (χ4n) is 3.67. The molecule has 0 bridgehead atoms.